The van der Waals surface area contributed by atoms with E-state index in [0.29, 0.717) is 12.6 Å². The van der Waals surface area contributed by atoms with E-state index in [4.69, 9.17) is 0 Å². The van der Waals surface area contributed by atoms with Crippen LogP contribution in [0.1, 0.15) is 43.5 Å². The van der Waals surface area contributed by atoms with Crippen molar-refractivity contribution in [3.63, 3.8) is 0 Å². The molecule has 2 aliphatic rings. The van der Waals surface area contributed by atoms with Gasteiger partial charge in [-0.05, 0) is 38.0 Å². The van der Waals surface area contributed by atoms with Crippen molar-refractivity contribution in [3.8, 4) is 0 Å². The summed E-state index contributed by atoms with van der Waals surface area (Å²) in [7, 11) is 0. The molecule has 2 atom stereocenters. The number of aromatic nitrogens is 3. The molecule has 1 spiro atoms. The minimum Gasteiger partial charge on any atom is -0.338 e. The number of hydrogen-bond acceptors (Lipinski definition) is 4. The molecule has 2 aromatic heterocycles. The number of hydrogen-bond donors (Lipinski definition) is 1. The van der Waals surface area contributed by atoms with Gasteiger partial charge in [-0.25, -0.2) is 4.98 Å². The molecule has 2 fully saturated rings. The largest absolute Gasteiger partial charge is 0.338 e. The van der Waals surface area contributed by atoms with Gasteiger partial charge in [0.15, 0.2) is 0 Å². The molecule has 6 heteroatoms. The molecule has 2 aliphatic heterocycles. The number of carbonyl (C=O) groups is 1. The molecule has 4 rings (SSSR count). The molecule has 25 heavy (non-hydrogen) atoms. The molecular weight excluding hydrogens is 314 g/mol. The van der Waals surface area contributed by atoms with Crippen molar-refractivity contribution in [3.05, 3.63) is 48.3 Å². The molecule has 2 aromatic rings. The first-order valence-corrected chi connectivity index (χ1v) is 9.02. The molecule has 0 aromatic carbocycles. The Morgan fingerprint density at radius 3 is 2.88 bits per heavy atom. The van der Waals surface area contributed by atoms with Crippen LogP contribution in [-0.2, 0) is 11.3 Å². The summed E-state index contributed by atoms with van der Waals surface area (Å²) in [5.74, 6) is 0.417. The second-order valence-electron chi connectivity index (χ2n) is 7.51. The first kappa shape index (κ1) is 16.3. The highest BCUT2D eigenvalue weighted by atomic mass is 16.2. The number of likely N-dealkylation sites (tertiary alicyclic amines) is 1. The summed E-state index contributed by atoms with van der Waals surface area (Å²) in [5, 5.41) is 3.45. The van der Waals surface area contributed by atoms with Crippen molar-refractivity contribution in [2.45, 2.75) is 38.8 Å². The van der Waals surface area contributed by atoms with Gasteiger partial charge in [0.1, 0.15) is 0 Å². The summed E-state index contributed by atoms with van der Waals surface area (Å²) in [6.45, 7) is 7.33. The third-order valence-corrected chi connectivity index (χ3v) is 5.69. The van der Waals surface area contributed by atoms with Gasteiger partial charge in [0, 0.05) is 56.7 Å². The zero-order valence-electron chi connectivity index (χ0n) is 14.9. The average Bonchev–Trinajstić information content (AvgIpc) is 3.32. The van der Waals surface area contributed by atoms with E-state index in [1.54, 1.807) is 12.4 Å². The third kappa shape index (κ3) is 2.74. The lowest BCUT2D eigenvalue weighted by Gasteiger charge is -2.28. The summed E-state index contributed by atoms with van der Waals surface area (Å²) >= 11 is 0. The molecule has 132 valence electrons. The Hall–Kier alpha value is -2.21. The maximum absolute atomic E-state index is 13.3. The van der Waals surface area contributed by atoms with Crippen LogP contribution in [0.5, 0.6) is 0 Å². The fourth-order valence-electron chi connectivity index (χ4n) is 4.17. The van der Waals surface area contributed by atoms with Crippen LogP contribution in [0.2, 0.25) is 0 Å². The molecule has 4 heterocycles. The van der Waals surface area contributed by atoms with Crippen molar-refractivity contribution in [2.24, 2.45) is 5.41 Å². The van der Waals surface area contributed by atoms with Gasteiger partial charge in [0.25, 0.3) is 0 Å². The van der Waals surface area contributed by atoms with Crippen LogP contribution < -0.4 is 5.32 Å². The molecule has 0 radical (unpaired) electrons. The van der Waals surface area contributed by atoms with E-state index < -0.39 is 0 Å². The lowest BCUT2D eigenvalue weighted by Crippen LogP contribution is -2.39. The Kier molecular flexibility index (Phi) is 4.07. The van der Waals surface area contributed by atoms with E-state index in [9.17, 15) is 4.79 Å². The molecule has 1 N–H and O–H groups in total. The number of rotatable bonds is 4. The van der Waals surface area contributed by atoms with Gasteiger partial charge in [-0.3, -0.25) is 9.78 Å². The fourth-order valence-corrected chi connectivity index (χ4v) is 4.17. The van der Waals surface area contributed by atoms with Crippen molar-refractivity contribution in [1.29, 1.82) is 0 Å². The highest BCUT2D eigenvalue weighted by Gasteiger charge is 2.55. The number of nitrogens with one attached hydrogen (secondary N) is 1. The third-order valence-electron chi connectivity index (χ3n) is 5.69. The van der Waals surface area contributed by atoms with E-state index >= 15 is 0 Å². The van der Waals surface area contributed by atoms with E-state index in [2.05, 4.69) is 39.9 Å². The standard InChI is InChI=1S/C19H25N5O/c1-14(2)24-11-17(22-13-24)16-9-21-12-19(16)5-8-23(18(19)25)10-15-3-6-20-7-4-15/h3-4,6-7,11,13-14,16,21H,5,8-10,12H2,1-2H3/t16-,19-/m0/s1. The molecule has 0 bridgehead atoms. The molecule has 0 aliphatic carbocycles. The maximum Gasteiger partial charge on any atom is 0.231 e. The van der Waals surface area contributed by atoms with Gasteiger partial charge in [-0.2, -0.15) is 0 Å². The van der Waals surface area contributed by atoms with Gasteiger partial charge < -0.3 is 14.8 Å². The maximum atomic E-state index is 13.3. The van der Waals surface area contributed by atoms with Gasteiger partial charge in [-0.1, -0.05) is 0 Å². The van der Waals surface area contributed by atoms with E-state index in [1.807, 2.05) is 23.4 Å². The topological polar surface area (TPSA) is 63.1 Å². The lowest BCUT2D eigenvalue weighted by atomic mass is 9.75. The Morgan fingerprint density at radius 1 is 1.36 bits per heavy atom. The molecular formula is C19H25N5O. The molecule has 0 unspecified atom stereocenters. The zero-order valence-corrected chi connectivity index (χ0v) is 14.9. The van der Waals surface area contributed by atoms with Gasteiger partial charge in [0.05, 0.1) is 17.4 Å². The minimum atomic E-state index is -0.344. The van der Waals surface area contributed by atoms with Crippen LogP contribution >= 0.6 is 0 Å². The molecule has 1 amide bonds. The number of amides is 1. The fraction of sp³-hybridized carbons (Fsp3) is 0.526. The summed E-state index contributed by atoms with van der Waals surface area (Å²) in [5.41, 5.74) is 1.83. The number of carbonyl (C=O) groups excluding carboxylic acids is 1. The highest BCUT2D eigenvalue weighted by Crippen LogP contribution is 2.46. The van der Waals surface area contributed by atoms with Crippen LogP contribution in [0.4, 0.5) is 0 Å². The Morgan fingerprint density at radius 2 is 2.16 bits per heavy atom. The number of imidazole rings is 1. The number of pyridine rings is 1. The van der Waals surface area contributed by atoms with Gasteiger partial charge in [-0.15, -0.1) is 0 Å². The van der Waals surface area contributed by atoms with Gasteiger partial charge >= 0.3 is 0 Å². The normalized spacial score (nSPS) is 26.3. The van der Waals surface area contributed by atoms with Gasteiger partial charge in [0.2, 0.25) is 5.91 Å². The second-order valence-corrected chi connectivity index (χ2v) is 7.51. The zero-order chi connectivity index (χ0) is 17.4. The average molecular weight is 339 g/mol. The van der Waals surface area contributed by atoms with E-state index in [-0.39, 0.29) is 17.2 Å². The monoisotopic (exact) mass is 339 g/mol. The Balaban J connectivity index is 1.57. The van der Waals surface area contributed by atoms with Crippen molar-refractivity contribution < 1.29 is 4.79 Å². The van der Waals surface area contributed by atoms with Crippen LogP contribution in [0.3, 0.4) is 0 Å². The summed E-state index contributed by atoms with van der Waals surface area (Å²) in [4.78, 5) is 24.0. The Bertz CT molecular complexity index is 756. The van der Waals surface area contributed by atoms with Crippen molar-refractivity contribution in [1.82, 2.24) is 24.8 Å². The Labute approximate surface area is 148 Å². The summed E-state index contributed by atoms with van der Waals surface area (Å²) in [6, 6.07) is 4.34. The van der Waals surface area contributed by atoms with E-state index in [0.717, 1.165) is 37.3 Å². The predicted molar refractivity (Wildman–Crippen MR) is 94.9 cm³/mol. The smallest absolute Gasteiger partial charge is 0.231 e. The van der Waals surface area contributed by atoms with Crippen LogP contribution in [0, 0.1) is 5.41 Å². The summed E-state index contributed by atoms with van der Waals surface area (Å²) in [6.07, 6.45) is 8.46. The molecule has 6 nitrogen and oxygen atoms in total. The lowest BCUT2D eigenvalue weighted by molar-refractivity contribution is -0.136. The summed E-state index contributed by atoms with van der Waals surface area (Å²) < 4.78 is 2.12. The molecule has 0 saturated carbocycles. The second kappa shape index (κ2) is 6.26. The highest BCUT2D eigenvalue weighted by molar-refractivity contribution is 5.86. The molecule has 2 saturated heterocycles. The van der Waals surface area contributed by atoms with Crippen molar-refractivity contribution >= 4 is 5.91 Å². The van der Waals surface area contributed by atoms with E-state index in [1.165, 1.54) is 0 Å². The quantitative estimate of drug-likeness (QED) is 0.925. The van der Waals surface area contributed by atoms with Crippen LogP contribution in [0.15, 0.2) is 37.1 Å². The predicted octanol–water partition coefficient (Wildman–Crippen LogP) is 1.96. The first-order valence-electron chi connectivity index (χ1n) is 9.02. The van der Waals surface area contributed by atoms with Crippen LogP contribution in [-0.4, -0.2) is 45.0 Å². The van der Waals surface area contributed by atoms with Crippen molar-refractivity contribution in [2.75, 3.05) is 19.6 Å². The SMILES string of the molecule is CC(C)n1cnc([C@@H]2CNC[C@@]23CCN(Cc2ccncc2)C3=O)c1. The minimum absolute atomic E-state index is 0.155. The van der Waals surface area contributed by atoms with Crippen LogP contribution in [0.25, 0.3) is 0 Å². The first-order chi connectivity index (χ1) is 12.1. The number of nitrogens with zero attached hydrogens (tertiary/aromatic N) is 4.